The number of hydrogen-bond donors (Lipinski definition) is 2. The monoisotopic (exact) mass is 354 g/mol. The minimum atomic E-state index is -4.07. The molecule has 0 saturated carbocycles. The molecule has 0 aliphatic carbocycles. The molecule has 0 fully saturated rings. The van der Waals surface area contributed by atoms with Crippen LogP contribution in [0.4, 0.5) is 10.1 Å². The van der Waals surface area contributed by atoms with Crippen LogP contribution in [0.3, 0.4) is 0 Å². The fourth-order valence-corrected chi connectivity index (χ4v) is 2.66. The molecule has 1 rings (SSSR count). The molecule has 6 nitrogen and oxygen atoms in total. The van der Waals surface area contributed by atoms with E-state index in [1.54, 1.807) is 0 Å². The molecule has 0 aliphatic heterocycles. The summed E-state index contributed by atoms with van der Waals surface area (Å²) in [4.78, 5) is 10.3. The van der Waals surface area contributed by atoms with E-state index in [1.807, 2.05) is 0 Å². The number of carbonyl (C=O) groups is 1. The molecule has 1 aromatic carbocycles. The van der Waals surface area contributed by atoms with E-state index >= 15 is 0 Å². The predicted molar refractivity (Wildman–Crippen MR) is 70.3 cm³/mol. The molecule has 9 heteroatoms. The zero-order valence-corrected chi connectivity index (χ0v) is 12.3. The van der Waals surface area contributed by atoms with Crippen LogP contribution in [0.15, 0.2) is 21.5 Å². The van der Waals surface area contributed by atoms with Crippen LogP contribution < -0.4 is 10.5 Å². The van der Waals surface area contributed by atoms with Crippen LogP contribution in [0.25, 0.3) is 0 Å². The van der Waals surface area contributed by atoms with Crippen LogP contribution in [0.1, 0.15) is 6.42 Å². The van der Waals surface area contributed by atoms with E-state index in [9.17, 15) is 17.6 Å². The molecule has 19 heavy (non-hydrogen) atoms. The number of hydrogen-bond acceptors (Lipinski definition) is 5. The summed E-state index contributed by atoms with van der Waals surface area (Å²) in [6.07, 6.45) is -0.149. The van der Waals surface area contributed by atoms with Gasteiger partial charge in [0.15, 0.2) is 0 Å². The zero-order valence-electron chi connectivity index (χ0n) is 9.94. The maximum Gasteiger partial charge on any atom is 0.306 e. The number of nitrogens with one attached hydrogen (secondary N) is 1. The first-order valence-corrected chi connectivity index (χ1v) is 7.36. The summed E-state index contributed by atoms with van der Waals surface area (Å²) in [5, 5.41) is 0. The van der Waals surface area contributed by atoms with E-state index in [0.717, 1.165) is 12.1 Å². The van der Waals surface area contributed by atoms with Gasteiger partial charge in [0.2, 0.25) is 10.0 Å². The van der Waals surface area contributed by atoms with Crippen LogP contribution in [0, 0.1) is 5.82 Å². The third-order valence-electron chi connectivity index (χ3n) is 2.19. The quantitative estimate of drug-likeness (QED) is 0.607. The Labute approximate surface area is 118 Å². The number of nitrogen functional groups attached to an aromatic ring is 1. The van der Waals surface area contributed by atoms with Crippen LogP contribution in [0.2, 0.25) is 0 Å². The molecule has 0 atom stereocenters. The van der Waals surface area contributed by atoms with Gasteiger partial charge in [0, 0.05) is 16.7 Å². The van der Waals surface area contributed by atoms with Crippen molar-refractivity contribution in [3.8, 4) is 0 Å². The number of benzene rings is 1. The van der Waals surface area contributed by atoms with E-state index in [0.29, 0.717) is 0 Å². The first kappa shape index (κ1) is 15.9. The van der Waals surface area contributed by atoms with Crippen molar-refractivity contribution in [1.29, 1.82) is 0 Å². The third-order valence-corrected chi connectivity index (χ3v) is 4.35. The standard InChI is InChI=1S/C10H12BrFN2O4S/c1-18-10(15)2-3-14-19(16,17)9-5-8(13)6(11)4-7(9)12/h4-5,14H,2-3,13H2,1H3. The molecule has 0 spiro atoms. The Hall–Kier alpha value is -1.19. The van der Waals surface area contributed by atoms with Crippen LogP contribution in [0.5, 0.6) is 0 Å². The summed E-state index contributed by atoms with van der Waals surface area (Å²) in [5.41, 5.74) is 5.60. The fourth-order valence-electron chi connectivity index (χ4n) is 1.22. The summed E-state index contributed by atoms with van der Waals surface area (Å²) < 4.78 is 43.9. The van der Waals surface area contributed by atoms with Gasteiger partial charge in [-0.1, -0.05) is 0 Å². The van der Waals surface area contributed by atoms with E-state index in [1.165, 1.54) is 7.11 Å². The molecule has 0 saturated heterocycles. The maximum absolute atomic E-state index is 13.6. The summed E-state index contributed by atoms with van der Waals surface area (Å²) in [7, 11) is -2.88. The van der Waals surface area contributed by atoms with Gasteiger partial charge >= 0.3 is 5.97 Å². The summed E-state index contributed by atoms with van der Waals surface area (Å²) >= 11 is 2.99. The molecule has 0 aromatic heterocycles. The van der Waals surface area contributed by atoms with Crippen molar-refractivity contribution in [3.63, 3.8) is 0 Å². The Kier molecular flexibility index (Phi) is 5.27. The highest BCUT2D eigenvalue weighted by atomic mass is 79.9. The second-order valence-electron chi connectivity index (χ2n) is 3.53. The predicted octanol–water partition coefficient (Wildman–Crippen LogP) is 1.01. The van der Waals surface area contributed by atoms with Gasteiger partial charge < -0.3 is 10.5 Å². The number of ether oxygens (including phenoxy) is 1. The lowest BCUT2D eigenvalue weighted by Crippen LogP contribution is -2.27. The highest BCUT2D eigenvalue weighted by Crippen LogP contribution is 2.25. The Morgan fingerprint density at radius 1 is 1.53 bits per heavy atom. The van der Waals surface area contributed by atoms with Gasteiger partial charge in [-0.25, -0.2) is 17.5 Å². The number of sulfonamides is 1. The molecule has 0 radical (unpaired) electrons. The number of methoxy groups -OCH3 is 1. The van der Waals surface area contributed by atoms with Crippen molar-refractivity contribution in [1.82, 2.24) is 4.72 Å². The molecule has 0 unspecified atom stereocenters. The molecule has 3 N–H and O–H groups in total. The number of halogens is 2. The lowest BCUT2D eigenvalue weighted by molar-refractivity contribution is -0.140. The lowest BCUT2D eigenvalue weighted by atomic mass is 10.3. The minimum absolute atomic E-state index is 0.0924. The topological polar surface area (TPSA) is 98.5 Å². The van der Waals surface area contributed by atoms with E-state index in [4.69, 9.17) is 5.73 Å². The van der Waals surface area contributed by atoms with Crippen molar-refractivity contribution in [2.75, 3.05) is 19.4 Å². The van der Waals surface area contributed by atoms with Gasteiger partial charge in [-0.3, -0.25) is 4.79 Å². The normalized spacial score (nSPS) is 11.3. The second-order valence-corrected chi connectivity index (χ2v) is 6.12. The smallest absolute Gasteiger partial charge is 0.306 e. The third kappa shape index (κ3) is 4.15. The van der Waals surface area contributed by atoms with Gasteiger partial charge in [-0.2, -0.15) is 0 Å². The molecule has 0 heterocycles. The Balaban J connectivity index is 2.89. The lowest BCUT2D eigenvalue weighted by Gasteiger charge is -2.09. The van der Waals surface area contributed by atoms with Gasteiger partial charge in [0.25, 0.3) is 0 Å². The van der Waals surface area contributed by atoms with Crippen molar-refractivity contribution >= 4 is 37.6 Å². The van der Waals surface area contributed by atoms with Gasteiger partial charge in [-0.05, 0) is 28.1 Å². The van der Waals surface area contributed by atoms with E-state index < -0.39 is 26.7 Å². The largest absolute Gasteiger partial charge is 0.469 e. The van der Waals surface area contributed by atoms with Crippen molar-refractivity contribution in [3.05, 3.63) is 22.4 Å². The Morgan fingerprint density at radius 3 is 2.74 bits per heavy atom. The molecular formula is C10H12BrFN2O4S. The molecule has 0 aliphatic rings. The average molecular weight is 355 g/mol. The van der Waals surface area contributed by atoms with Gasteiger partial charge in [-0.15, -0.1) is 0 Å². The van der Waals surface area contributed by atoms with Crippen molar-refractivity contribution in [2.24, 2.45) is 0 Å². The summed E-state index contributed by atoms with van der Waals surface area (Å²) in [6.45, 7) is -0.190. The number of rotatable bonds is 5. The van der Waals surface area contributed by atoms with Crippen molar-refractivity contribution in [2.45, 2.75) is 11.3 Å². The maximum atomic E-state index is 13.6. The second kappa shape index (κ2) is 6.31. The first-order valence-electron chi connectivity index (χ1n) is 5.09. The van der Waals surface area contributed by atoms with E-state index in [-0.39, 0.29) is 23.1 Å². The molecule has 106 valence electrons. The average Bonchev–Trinajstić information content (AvgIpc) is 2.33. The van der Waals surface area contributed by atoms with Gasteiger partial charge in [0.1, 0.15) is 10.7 Å². The number of anilines is 1. The fraction of sp³-hybridized carbons (Fsp3) is 0.300. The van der Waals surface area contributed by atoms with E-state index in [2.05, 4.69) is 25.4 Å². The van der Waals surface area contributed by atoms with Crippen LogP contribution in [-0.4, -0.2) is 28.0 Å². The summed E-state index contributed by atoms with van der Waals surface area (Å²) in [6, 6.07) is 1.96. The van der Waals surface area contributed by atoms with Crippen molar-refractivity contribution < 1.29 is 22.3 Å². The Morgan fingerprint density at radius 2 is 2.16 bits per heavy atom. The highest BCUT2D eigenvalue weighted by molar-refractivity contribution is 9.10. The number of esters is 1. The van der Waals surface area contributed by atoms with Gasteiger partial charge in [0.05, 0.1) is 13.5 Å². The highest BCUT2D eigenvalue weighted by Gasteiger charge is 2.20. The van der Waals surface area contributed by atoms with Crippen LogP contribution >= 0.6 is 15.9 Å². The molecule has 0 bridgehead atoms. The number of carbonyl (C=O) groups excluding carboxylic acids is 1. The SMILES string of the molecule is COC(=O)CCNS(=O)(=O)c1cc(N)c(Br)cc1F. The minimum Gasteiger partial charge on any atom is -0.469 e. The molecule has 0 amide bonds. The molecular weight excluding hydrogens is 343 g/mol. The first-order chi connectivity index (χ1) is 8.77. The number of nitrogens with two attached hydrogens (primary N) is 1. The summed E-state index contributed by atoms with van der Waals surface area (Å²) in [5.74, 6) is -1.51. The zero-order chi connectivity index (χ0) is 14.6. The van der Waals surface area contributed by atoms with Crippen LogP contribution in [-0.2, 0) is 19.6 Å². The molecule has 1 aromatic rings. The Bertz CT molecular complexity index is 591.